The van der Waals surface area contributed by atoms with Crippen molar-refractivity contribution in [1.29, 1.82) is 5.26 Å². The van der Waals surface area contributed by atoms with Gasteiger partial charge in [0.25, 0.3) is 0 Å². The first kappa shape index (κ1) is 16.7. The highest BCUT2D eigenvalue weighted by molar-refractivity contribution is 5.42. The number of nitrogens with one attached hydrogen (secondary N) is 1. The van der Waals surface area contributed by atoms with Gasteiger partial charge in [0.2, 0.25) is 0 Å². The summed E-state index contributed by atoms with van der Waals surface area (Å²) in [7, 11) is 1.87. The van der Waals surface area contributed by atoms with E-state index in [2.05, 4.69) is 37.5 Å². The lowest BCUT2D eigenvalue weighted by Crippen LogP contribution is -2.08. The maximum atomic E-state index is 9.29. The van der Waals surface area contributed by atoms with Gasteiger partial charge in [-0.05, 0) is 25.0 Å². The molecule has 8 heteroatoms. The average molecular weight is 373 g/mol. The highest BCUT2D eigenvalue weighted by Gasteiger charge is 2.73. The summed E-state index contributed by atoms with van der Waals surface area (Å²) >= 11 is 0. The van der Waals surface area contributed by atoms with Crippen LogP contribution < -0.4 is 10.1 Å². The van der Waals surface area contributed by atoms with Crippen molar-refractivity contribution in [2.45, 2.75) is 31.4 Å². The number of rotatable bonds is 6. The first-order valence-corrected chi connectivity index (χ1v) is 9.24. The van der Waals surface area contributed by atoms with Gasteiger partial charge in [0, 0.05) is 54.6 Å². The van der Waals surface area contributed by atoms with Gasteiger partial charge in [0.15, 0.2) is 0 Å². The third-order valence-electron chi connectivity index (χ3n) is 5.51. The summed E-state index contributed by atoms with van der Waals surface area (Å²) in [4.78, 5) is 13.1. The molecular formula is C20H19N7O. The third-order valence-corrected chi connectivity index (χ3v) is 5.51. The topological polar surface area (TPSA) is 102 Å². The number of anilines is 1. The molecule has 8 nitrogen and oxygen atoms in total. The van der Waals surface area contributed by atoms with Gasteiger partial charge in [-0.25, -0.2) is 0 Å². The standard InChI is InChI=1S/C20H19N7O/c1-27-12-13(11-24-27)10-23-18-6-14(9-21)25-19(26-18)28-17-8-20(17)7-15(20)16-4-2-3-5-22-16/h2-6,11-12,15,17H,7-8,10H2,1H3,(H,23,25,26)/t15-,17?,20?/m1/s1. The summed E-state index contributed by atoms with van der Waals surface area (Å²) in [6, 6.07) is 9.98. The van der Waals surface area contributed by atoms with Crippen LogP contribution in [0.15, 0.2) is 42.9 Å². The summed E-state index contributed by atoms with van der Waals surface area (Å²) in [5.74, 6) is 1.01. The summed E-state index contributed by atoms with van der Waals surface area (Å²) < 4.78 is 7.78. The van der Waals surface area contributed by atoms with Gasteiger partial charge in [0.1, 0.15) is 23.7 Å². The molecule has 28 heavy (non-hydrogen) atoms. The van der Waals surface area contributed by atoms with Crippen molar-refractivity contribution >= 4 is 5.82 Å². The van der Waals surface area contributed by atoms with Crippen LogP contribution in [0.25, 0.3) is 0 Å². The van der Waals surface area contributed by atoms with E-state index < -0.39 is 0 Å². The smallest absolute Gasteiger partial charge is 0.319 e. The zero-order valence-corrected chi connectivity index (χ0v) is 15.4. The van der Waals surface area contributed by atoms with Crippen molar-refractivity contribution < 1.29 is 4.74 Å². The Kier molecular flexibility index (Phi) is 3.76. The summed E-state index contributed by atoms with van der Waals surface area (Å²) in [6.07, 6.45) is 7.69. The Morgan fingerprint density at radius 2 is 2.29 bits per heavy atom. The molecule has 3 atom stereocenters. The van der Waals surface area contributed by atoms with Crippen LogP contribution in [0.3, 0.4) is 0 Å². The summed E-state index contributed by atoms with van der Waals surface area (Å²) in [5, 5.41) is 16.6. The predicted octanol–water partition coefficient (Wildman–Crippen LogP) is 2.41. The Labute approximate surface area is 162 Å². The van der Waals surface area contributed by atoms with Crippen LogP contribution in [0.5, 0.6) is 6.01 Å². The summed E-state index contributed by atoms with van der Waals surface area (Å²) in [5.41, 5.74) is 2.60. The largest absolute Gasteiger partial charge is 0.459 e. The second-order valence-electron chi connectivity index (χ2n) is 7.46. The number of hydrogen-bond acceptors (Lipinski definition) is 7. The maximum Gasteiger partial charge on any atom is 0.319 e. The van der Waals surface area contributed by atoms with Crippen molar-refractivity contribution in [2.75, 3.05) is 5.32 Å². The van der Waals surface area contributed by atoms with Crippen molar-refractivity contribution in [3.8, 4) is 12.1 Å². The second-order valence-corrected chi connectivity index (χ2v) is 7.46. The van der Waals surface area contributed by atoms with Crippen LogP contribution in [-0.4, -0.2) is 30.8 Å². The highest BCUT2D eigenvalue weighted by atomic mass is 16.5. The van der Waals surface area contributed by atoms with Crippen LogP contribution in [0, 0.1) is 16.7 Å². The Bertz CT molecular complexity index is 1060. The van der Waals surface area contributed by atoms with E-state index in [0.29, 0.717) is 18.3 Å². The molecule has 0 amide bonds. The number of aryl methyl sites for hydroxylation is 1. The molecule has 1 N–H and O–H groups in total. The van der Waals surface area contributed by atoms with E-state index in [9.17, 15) is 5.26 Å². The van der Waals surface area contributed by atoms with Crippen molar-refractivity contribution in [3.05, 3.63) is 59.8 Å². The lowest BCUT2D eigenvalue weighted by atomic mass is 10.2. The predicted molar refractivity (Wildman–Crippen MR) is 100 cm³/mol. The van der Waals surface area contributed by atoms with Crippen LogP contribution in [0.4, 0.5) is 5.82 Å². The minimum atomic E-state index is 0.0830. The van der Waals surface area contributed by atoms with Crippen molar-refractivity contribution in [2.24, 2.45) is 12.5 Å². The number of aromatic nitrogens is 5. The minimum absolute atomic E-state index is 0.0830. The van der Waals surface area contributed by atoms with Gasteiger partial charge in [-0.2, -0.15) is 20.3 Å². The number of nitriles is 1. The molecule has 0 bridgehead atoms. The van der Waals surface area contributed by atoms with Crippen molar-refractivity contribution in [1.82, 2.24) is 24.7 Å². The monoisotopic (exact) mass is 373 g/mol. The molecule has 2 saturated carbocycles. The van der Waals surface area contributed by atoms with E-state index in [4.69, 9.17) is 4.74 Å². The molecule has 2 aliphatic carbocycles. The highest BCUT2D eigenvalue weighted by Crippen LogP contribution is 2.75. The molecule has 3 heterocycles. The molecular weight excluding hydrogens is 354 g/mol. The Morgan fingerprint density at radius 1 is 1.36 bits per heavy atom. The van der Waals surface area contributed by atoms with Gasteiger partial charge in [0.05, 0.1) is 6.20 Å². The molecule has 0 radical (unpaired) electrons. The Morgan fingerprint density at radius 3 is 3.04 bits per heavy atom. The molecule has 0 saturated heterocycles. The fourth-order valence-corrected chi connectivity index (χ4v) is 3.84. The molecule has 2 unspecified atom stereocenters. The lowest BCUT2D eigenvalue weighted by molar-refractivity contribution is 0.255. The van der Waals surface area contributed by atoms with Crippen LogP contribution >= 0.6 is 0 Å². The first-order chi connectivity index (χ1) is 13.7. The van der Waals surface area contributed by atoms with Gasteiger partial charge in [-0.15, -0.1) is 0 Å². The fourth-order valence-electron chi connectivity index (χ4n) is 3.84. The normalized spacial score (nSPS) is 24.6. The first-order valence-electron chi connectivity index (χ1n) is 9.24. The zero-order valence-electron chi connectivity index (χ0n) is 15.4. The van der Waals surface area contributed by atoms with Gasteiger partial charge in [-0.3, -0.25) is 9.67 Å². The summed E-state index contributed by atoms with van der Waals surface area (Å²) in [6.45, 7) is 0.560. The molecule has 5 rings (SSSR count). The van der Waals surface area contributed by atoms with Crippen molar-refractivity contribution in [3.63, 3.8) is 0 Å². The fraction of sp³-hybridized carbons (Fsp3) is 0.350. The average Bonchev–Trinajstić information content (AvgIpc) is 3.57. The number of pyridine rings is 1. The van der Waals surface area contributed by atoms with Gasteiger partial charge in [-0.1, -0.05) is 6.07 Å². The molecule has 0 aliphatic heterocycles. The van der Waals surface area contributed by atoms with E-state index in [1.807, 2.05) is 31.6 Å². The molecule has 3 aromatic rings. The molecule has 140 valence electrons. The lowest BCUT2D eigenvalue weighted by Gasteiger charge is -2.08. The second kappa shape index (κ2) is 6.30. The number of nitrogens with zero attached hydrogens (tertiary/aromatic N) is 6. The van der Waals surface area contributed by atoms with E-state index in [-0.39, 0.29) is 23.2 Å². The van der Waals surface area contributed by atoms with Crippen LogP contribution in [-0.2, 0) is 13.6 Å². The molecule has 2 aliphatic rings. The molecule has 0 aromatic carbocycles. The van der Waals surface area contributed by atoms with E-state index in [1.54, 1.807) is 16.9 Å². The minimum Gasteiger partial charge on any atom is -0.459 e. The Balaban J connectivity index is 1.26. The van der Waals surface area contributed by atoms with Gasteiger partial charge < -0.3 is 10.1 Å². The van der Waals surface area contributed by atoms with E-state index in [0.717, 1.165) is 24.1 Å². The van der Waals surface area contributed by atoms with Gasteiger partial charge >= 0.3 is 6.01 Å². The van der Waals surface area contributed by atoms with Crippen LogP contribution in [0.2, 0.25) is 0 Å². The van der Waals surface area contributed by atoms with E-state index in [1.165, 1.54) is 0 Å². The molecule has 1 spiro atoms. The quantitative estimate of drug-likeness (QED) is 0.708. The number of hydrogen-bond donors (Lipinski definition) is 1. The van der Waals surface area contributed by atoms with Crippen LogP contribution in [0.1, 0.15) is 35.7 Å². The number of ether oxygens (including phenoxy) is 1. The third kappa shape index (κ3) is 3.05. The van der Waals surface area contributed by atoms with E-state index >= 15 is 0 Å². The Hall–Kier alpha value is -3.47. The maximum absolute atomic E-state index is 9.29. The zero-order chi connectivity index (χ0) is 19.1. The molecule has 3 aromatic heterocycles. The SMILES string of the molecule is Cn1cc(CNc2cc(C#N)nc(OC3CC34C[C@@H]4c3ccccn3)n2)cn1. The molecule has 2 fully saturated rings.